The molecule has 2 rings (SSSR count). The predicted octanol–water partition coefficient (Wildman–Crippen LogP) is 1.31. The molecule has 0 aliphatic carbocycles. The van der Waals surface area contributed by atoms with Gasteiger partial charge in [-0.05, 0) is 31.2 Å². The van der Waals surface area contributed by atoms with Gasteiger partial charge >= 0.3 is 6.03 Å². The van der Waals surface area contributed by atoms with Gasteiger partial charge in [-0.1, -0.05) is 51.1 Å². The van der Waals surface area contributed by atoms with Crippen molar-refractivity contribution < 1.29 is 19.2 Å². The van der Waals surface area contributed by atoms with Gasteiger partial charge in [-0.25, -0.2) is 4.79 Å². The van der Waals surface area contributed by atoms with E-state index in [0.29, 0.717) is 13.0 Å². The van der Waals surface area contributed by atoms with Gasteiger partial charge in [0.15, 0.2) is 0 Å². The number of hydrogen-bond donors (Lipinski definition) is 4. The third-order valence-corrected chi connectivity index (χ3v) is 5.35. The lowest BCUT2D eigenvalue weighted by Gasteiger charge is -2.31. The minimum atomic E-state index is -0.940. The SMILES string of the molecule is CC(C)NC(=O)NC1CCN(C(=O)CC(C)(C)C)C1C(=O)NC(Cc1ccccc1)C(N)=O. The number of hydrogen-bond acceptors (Lipinski definition) is 4. The molecule has 1 aliphatic heterocycles. The van der Waals surface area contributed by atoms with Crippen LogP contribution in [0, 0.1) is 5.41 Å². The molecule has 5 amide bonds. The summed E-state index contributed by atoms with van der Waals surface area (Å²) >= 11 is 0. The molecular formula is C24H37N5O4. The molecule has 0 aromatic heterocycles. The van der Waals surface area contributed by atoms with Gasteiger partial charge < -0.3 is 26.6 Å². The van der Waals surface area contributed by atoms with Crippen molar-refractivity contribution in [3.05, 3.63) is 35.9 Å². The Labute approximate surface area is 195 Å². The lowest BCUT2D eigenvalue weighted by Crippen LogP contribution is -2.59. The Morgan fingerprint density at radius 3 is 2.27 bits per heavy atom. The molecule has 0 bridgehead atoms. The first-order chi connectivity index (χ1) is 15.4. The number of carbonyl (C=O) groups is 4. The molecule has 9 nitrogen and oxygen atoms in total. The summed E-state index contributed by atoms with van der Waals surface area (Å²) in [6.07, 6.45) is 0.918. The average Bonchev–Trinajstić information content (AvgIpc) is 3.09. The molecule has 3 atom stereocenters. The Kier molecular flexibility index (Phi) is 8.84. The Morgan fingerprint density at radius 2 is 1.73 bits per heavy atom. The van der Waals surface area contributed by atoms with Crippen molar-refractivity contribution in [2.45, 2.75) is 78.0 Å². The highest BCUT2D eigenvalue weighted by Gasteiger charge is 2.44. The van der Waals surface area contributed by atoms with E-state index in [1.54, 1.807) is 0 Å². The van der Waals surface area contributed by atoms with Crippen LogP contribution in [0.15, 0.2) is 30.3 Å². The van der Waals surface area contributed by atoms with E-state index in [4.69, 9.17) is 5.73 Å². The summed E-state index contributed by atoms with van der Waals surface area (Å²) in [4.78, 5) is 52.3. The van der Waals surface area contributed by atoms with Crippen LogP contribution in [0.1, 0.15) is 53.0 Å². The number of benzene rings is 1. The number of primary amides is 1. The zero-order valence-corrected chi connectivity index (χ0v) is 20.2. The first kappa shape index (κ1) is 26.2. The van der Waals surface area contributed by atoms with Gasteiger partial charge in [0, 0.05) is 25.4 Å². The van der Waals surface area contributed by atoms with Crippen molar-refractivity contribution >= 4 is 23.8 Å². The van der Waals surface area contributed by atoms with Crippen LogP contribution in [-0.4, -0.2) is 59.4 Å². The van der Waals surface area contributed by atoms with E-state index in [1.807, 2.05) is 65.0 Å². The summed E-state index contributed by atoms with van der Waals surface area (Å²) in [6.45, 7) is 9.84. The molecule has 1 aromatic carbocycles. The van der Waals surface area contributed by atoms with E-state index in [1.165, 1.54) is 4.90 Å². The standard InChI is InChI=1S/C24H37N5O4/c1-15(2)26-23(33)28-17-11-12-29(19(30)14-24(3,4)5)20(17)22(32)27-18(21(25)31)13-16-9-7-6-8-10-16/h6-10,15,17-18,20H,11-14H2,1-5H3,(H2,25,31)(H,27,32)(H2,26,28,33). The smallest absolute Gasteiger partial charge is 0.315 e. The molecule has 9 heteroatoms. The zero-order chi connectivity index (χ0) is 24.8. The van der Waals surface area contributed by atoms with E-state index < -0.39 is 36.0 Å². The second-order valence-electron chi connectivity index (χ2n) is 10.1. The van der Waals surface area contributed by atoms with Crippen LogP contribution in [0.4, 0.5) is 4.79 Å². The fourth-order valence-corrected chi connectivity index (χ4v) is 3.90. The van der Waals surface area contributed by atoms with E-state index in [-0.39, 0.29) is 30.2 Å². The maximum absolute atomic E-state index is 13.4. The van der Waals surface area contributed by atoms with Crippen LogP contribution in [-0.2, 0) is 20.8 Å². The minimum absolute atomic E-state index is 0.0811. The molecule has 0 spiro atoms. The first-order valence-corrected chi connectivity index (χ1v) is 11.4. The largest absolute Gasteiger partial charge is 0.368 e. The lowest BCUT2D eigenvalue weighted by atomic mass is 9.91. The van der Waals surface area contributed by atoms with E-state index in [0.717, 1.165) is 5.56 Å². The lowest BCUT2D eigenvalue weighted by molar-refractivity contribution is -0.141. The monoisotopic (exact) mass is 459 g/mol. The van der Waals surface area contributed by atoms with Crippen LogP contribution < -0.4 is 21.7 Å². The summed E-state index contributed by atoms with van der Waals surface area (Å²) < 4.78 is 0. The van der Waals surface area contributed by atoms with Gasteiger partial charge in [0.05, 0.1) is 6.04 Å². The van der Waals surface area contributed by atoms with Crippen LogP contribution >= 0.6 is 0 Å². The molecule has 1 aromatic rings. The minimum Gasteiger partial charge on any atom is -0.368 e. The van der Waals surface area contributed by atoms with Crippen molar-refractivity contribution in [2.24, 2.45) is 11.1 Å². The molecule has 0 saturated carbocycles. The highest BCUT2D eigenvalue weighted by Crippen LogP contribution is 2.25. The Morgan fingerprint density at radius 1 is 1.09 bits per heavy atom. The summed E-state index contributed by atoms with van der Waals surface area (Å²) in [6, 6.07) is 6.28. The fourth-order valence-electron chi connectivity index (χ4n) is 3.90. The van der Waals surface area contributed by atoms with Gasteiger partial charge in [0.2, 0.25) is 17.7 Å². The highest BCUT2D eigenvalue weighted by molar-refractivity contribution is 5.93. The predicted molar refractivity (Wildman–Crippen MR) is 126 cm³/mol. The number of amides is 5. The first-order valence-electron chi connectivity index (χ1n) is 11.4. The highest BCUT2D eigenvalue weighted by atomic mass is 16.2. The Balaban J connectivity index is 2.23. The van der Waals surface area contributed by atoms with Gasteiger partial charge in [-0.2, -0.15) is 0 Å². The fraction of sp³-hybridized carbons (Fsp3) is 0.583. The summed E-state index contributed by atoms with van der Waals surface area (Å²) in [5, 5.41) is 8.28. The number of nitrogens with two attached hydrogens (primary N) is 1. The molecule has 1 fully saturated rings. The van der Waals surface area contributed by atoms with Crippen molar-refractivity contribution in [3.63, 3.8) is 0 Å². The molecule has 0 radical (unpaired) electrons. The van der Waals surface area contributed by atoms with Crippen LogP contribution in [0.2, 0.25) is 0 Å². The maximum atomic E-state index is 13.4. The molecule has 1 heterocycles. The van der Waals surface area contributed by atoms with Crippen molar-refractivity contribution in [3.8, 4) is 0 Å². The quantitative estimate of drug-likeness (QED) is 0.466. The summed E-state index contributed by atoms with van der Waals surface area (Å²) in [5.74, 6) is -1.35. The molecule has 33 heavy (non-hydrogen) atoms. The van der Waals surface area contributed by atoms with Gasteiger partial charge in [-0.3, -0.25) is 14.4 Å². The van der Waals surface area contributed by atoms with Gasteiger partial charge in [0.1, 0.15) is 12.1 Å². The molecule has 3 unspecified atom stereocenters. The summed E-state index contributed by atoms with van der Waals surface area (Å²) in [7, 11) is 0. The number of nitrogens with zero attached hydrogens (tertiary/aromatic N) is 1. The Hall–Kier alpha value is -3.10. The number of urea groups is 1. The topological polar surface area (TPSA) is 134 Å². The van der Waals surface area contributed by atoms with E-state index in [9.17, 15) is 19.2 Å². The molecule has 1 aliphatic rings. The number of rotatable bonds is 8. The maximum Gasteiger partial charge on any atom is 0.315 e. The third-order valence-electron chi connectivity index (χ3n) is 5.35. The van der Waals surface area contributed by atoms with Crippen LogP contribution in [0.25, 0.3) is 0 Å². The zero-order valence-electron chi connectivity index (χ0n) is 20.2. The van der Waals surface area contributed by atoms with E-state index in [2.05, 4.69) is 16.0 Å². The molecule has 1 saturated heterocycles. The molecule has 5 N–H and O–H groups in total. The average molecular weight is 460 g/mol. The van der Waals surface area contributed by atoms with Gasteiger partial charge in [-0.15, -0.1) is 0 Å². The van der Waals surface area contributed by atoms with Gasteiger partial charge in [0.25, 0.3) is 0 Å². The second kappa shape index (κ2) is 11.2. The number of carbonyl (C=O) groups excluding carboxylic acids is 4. The van der Waals surface area contributed by atoms with Crippen LogP contribution in [0.5, 0.6) is 0 Å². The van der Waals surface area contributed by atoms with Crippen LogP contribution in [0.3, 0.4) is 0 Å². The van der Waals surface area contributed by atoms with Crippen molar-refractivity contribution in [1.82, 2.24) is 20.9 Å². The molecular weight excluding hydrogens is 422 g/mol. The van der Waals surface area contributed by atoms with E-state index >= 15 is 0 Å². The summed E-state index contributed by atoms with van der Waals surface area (Å²) in [5.41, 5.74) is 6.15. The van der Waals surface area contributed by atoms with Crippen molar-refractivity contribution in [1.29, 1.82) is 0 Å². The third kappa shape index (κ3) is 8.07. The second-order valence-corrected chi connectivity index (χ2v) is 10.1. The Bertz CT molecular complexity index is 850. The molecule has 182 valence electrons. The number of nitrogens with one attached hydrogen (secondary N) is 3. The van der Waals surface area contributed by atoms with Crippen molar-refractivity contribution in [2.75, 3.05) is 6.54 Å². The normalized spacial score (nSPS) is 19.2. The number of likely N-dealkylation sites (tertiary alicyclic amines) is 1.